The van der Waals surface area contributed by atoms with Crippen molar-refractivity contribution in [3.63, 3.8) is 0 Å². The van der Waals surface area contributed by atoms with Gasteiger partial charge in [0.15, 0.2) is 0 Å². The second kappa shape index (κ2) is 5.79. The molecule has 0 aliphatic heterocycles. The number of hydrogen-bond donors (Lipinski definition) is 2. The van der Waals surface area contributed by atoms with Crippen LogP contribution in [0.15, 0.2) is 29.6 Å². The van der Waals surface area contributed by atoms with E-state index in [2.05, 4.69) is 27.6 Å². The number of fused-ring (bicyclic) bond motifs is 1. The molecule has 0 fully saturated rings. The number of thiophene rings is 1. The van der Waals surface area contributed by atoms with Crippen LogP contribution in [-0.2, 0) is 16.6 Å². The summed E-state index contributed by atoms with van der Waals surface area (Å²) in [5.74, 6) is 0. The molecule has 0 aliphatic carbocycles. The highest BCUT2D eigenvalue weighted by molar-refractivity contribution is 7.88. The van der Waals surface area contributed by atoms with Crippen molar-refractivity contribution in [2.75, 3.05) is 19.3 Å². The van der Waals surface area contributed by atoms with Crippen molar-refractivity contribution in [3.05, 3.63) is 35.2 Å². The molecule has 2 rings (SSSR count). The molecule has 1 heterocycles. The minimum absolute atomic E-state index is 0.418. The summed E-state index contributed by atoms with van der Waals surface area (Å²) in [4.78, 5) is 0. The Morgan fingerprint density at radius 2 is 2.00 bits per heavy atom. The predicted molar refractivity (Wildman–Crippen MR) is 76.4 cm³/mol. The molecule has 0 unspecified atom stereocenters. The average Bonchev–Trinajstić information content (AvgIpc) is 2.71. The highest BCUT2D eigenvalue weighted by atomic mass is 32.2. The number of rotatable bonds is 6. The fourth-order valence-corrected chi connectivity index (χ4v) is 3.15. The minimum Gasteiger partial charge on any atom is -0.311 e. The molecular weight excluding hydrogens is 268 g/mol. The summed E-state index contributed by atoms with van der Waals surface area (Å²) in [5, 5.41) is 6.64. The van der Waals surface area contributed by atoms with E-state index >= 15 is 0 Å². The summed E-state index contributed by atoms with van der Waals surface area (Å²) in [7, 11) is -3.08. The van der Waals surface area contributed by atoms with Gasteiger partial charge in [0.25, 0.3) is 0 Å². The van der Waals surface area contributed by atoms with Gasteiger partial charge in [0.05, 0.1) is 6.26 Å². The Morgan fingerprint density at radius 3 is 2.78 bits per heavy atom. The molecule has 0 amide bonds. The standard InChI is InChI=1S/C12H16N2O2S2/c1-18(15,16)14-7-6-13-8-10-9-17-12-5-3-2-4-11(10)12/h2-5,9,13-14H,6-8H2,1H3. The van der Waals surface area contributed by atoms with Gasteiger partial charge in [-0.3, -0.25) is 0 Å². The van der Waals surface area contributed by atoms with Crippen molar-refractivity contribution < 1.29 is 8.42 Å². The Hall–Kier alpha value is -0.950. The van der Waals surface area contributed by atoms with Crippen LogP contribution in [0, 0.1) is 0 Å². The van der Waals surface area contributed by atoms with Gasteiger partial charge in [0, 0.05) is 24.3 Å². The van der Waals surface area contributed by atoms with Gasteiger partial charge < -0.3 is 5.32 Å². The summed E-state index contributed by atoms with van der Waals surface area (Å²) < 4.78 is 25.5. The van der Waals surface area contributed by atoms with Crippen LogP contribution in [0.4, 0.5) is 0 Å². The van der Waals surface area contributed by atoms with Crippen LogP contribution in [0.5, 0.6) is 0 Å². The molecule has 0 spiro atoms. The minimum atomic E-state index is -3.08. The van der Waals surface area contributed by atoms with Crippen LogP contribution in [-0.4, -0.2) is 27.8 Å². The molecule has 18 heavy (non-hydrogen) atoms. The molecule has 0 radical (unpaired) electrons. The normalized spacial score (nSPS) is 12.1. The zero-order valence-corrected chi connectivity index (χ0v) is 11.8. The Balaban J connectivity index is 1.84. The molecule has 98 valence electrons. The number of benzene rings is 1. The first-order valence-corrected chi connectivity index (χ1v) is 8.44. The molecule has 1 aromatic carbocycles. The summed E-state index contributed by atoms with van der Waals surface area (Å²) >= 11 is 1.73. The molecule has 6 heteroatoms. The molecule has 1 aromatic heterocycles. The molecule has 0 atom stereocenters. The molecule has 4 nitrogen and oxygen atoms in total. The summed E-state index contributed by atoms with van der Waals surface area (Å²) in [6, 6.07) is 8.28. The Labute approximate surface area is 111 Å². The highest BCUT2D eigenvalue weighted by Gasteiger charge is 2.03. The smallest absolute Gasteiger partial charge is 0.208 e. The summed E-state index contributed by atoms with van der Waals surface area (Å²) in [6.45, 7) is 1.80. The van der Waals surface area contributed by atoms with E-state index in [9.17, 15) is 8.42 Å². The fourth-order valence-electron chi connectivity index (χ4n) is 1.72. The van der Waals surface area contributed by atoms with Crippen LogP contribution in [0.1, 0.15) is 5.56 Å². The molecule has 0 bridgehead atoms. The van der Waals surface area contributed by atoms with Gasteiger partial charge in [-0.1, -0.05) is 18.2 Å². The van der Waals surface area contributed by atoms with Crippen molar-refractivity contribution in [3.8, 4) is 0 Å². The van der Waals surface area contributed by atoms with Crippen LogP contribution >= 0.6 is 11.3 Å². The first-order valence-electron chi connectivity index (χ1n) is 5.67. The first-order chi connectivity index (χ1) is 8.56. The van der Waals surface area contributed by atoms with Gasteiger partial charge >= 0.3 is 0 Å². The van der Waals surface area contributed by atoms with E-state index in [1.807, 2.05) is 12.1 Å². The lowest BCUT2D eigenvalue weighted by atomic mass is 10.2. The molecule has 2 aromatic rings. The number of hydrogen-bond acceptors (Lipinski definition) is 4. The molecular formula is C12H16N2O2S2. The highest BCUT2D eigenvalue weighted by Crippen LogP contribution is 2.25. The van der Waals surface area contributed by atoms with Crippen molar-refractivity contribution in [2.45, 2.75) is 6.54 Å². The summed E-state index contributed by atoms with van der Waals surface area (Å²) in [6.07, 6.45) is 1.17. The van der Waals surface area contributed by atoms with Crippen molar-refractivity contribution >= 4 is 31.4 Å². The Kier molecular flexibility index (Phi) is 4.34. The summed E-state index contributed by atoms with van der Waals surface area (Å²) in [5.41, 5.74) is 1.26. The molecule has 2 N–H and O–H groups in total. The van der Waals surface area contributed by atoms with Gasteiger partial charge in [0.2, 0.25) is 10.0 Å². The van der Waals surface area contributed by atoms with Crippen LogP contribution < -0.4 is 10.0 Å². The maximum atomic E-state index is 10.9. The number of sulfonamides is 1. The van der Waals surface area contributed by atoms with Gasteiger partial charge in [-0.25, -0.2) is 13.1 Å². The largest absolute Gasteiger partial charge is 0.311 e. The van der Waals surface area contributed by atoms with Crippen molar-refractivity contribution in [2.24, 2.45) is 0 Å². The van der Waals surface area contributed by atoms with E-state index in [1.54, 1.807) is 11.3 Å². The van der Waals surface area contributed by atoms with E-state index in [0.717, 1.165) is 6.54 Å². The molecule has 0 saturated carbocycles. The zero-order valence-electron chi connectivity index (χ0n) is 10.1. The van der Waals surface area contributed by atoms with E-state index in [4.69, 9.17) is 0 Å². The van der Waals surface area contributed by atoms with E-state index < -0.39 is 10.0 Å². The lowest BCUT2D eigenvalue weighted by molar-refractivity contribution is 0.582. The van der Waals surface area contributed by atoms with Gasteiger partial charge in [0.1, 0.15) is 0 Å². The fraction of sp³-hybridized carbons (Fsp3) is 0.333. The van der Waals surface area contributed by atoms with Crippen LogP contribution in [0.2, 0.25) is 0 Å². The maximum absolute atomic E-state index is 10.9. The molecule has 0 saturated heterocycles. The van der Waals surface area contributed by atoms with Gasteiger partial charge in [-0.2, -0.15) is 0 Å². The third-order valence-electron chi connectivity index (χ3n) is 2.54. The van der Waals surface area contributed by atoms with Crippen molar-refractivity contribution in [1.82, 2.24) is 10.0 Å². The van der Waals surface area contributed by atoms with Crippen molar-refractivity contribution in [1.29, 1.82) is 0 Å². The predicted octanol–water partition coefficient (Wildman–Crippen LogP) is 1.54. The third-order valence-corrected chi connectivity index (χ3v) is 4.28. The lowest BCUT2D eigenvalue weighted by Gasteiger charge is -2.04. The van der Waals surface area contributed by atoms with Crippen LogP contribution in [0.3, 0.4) is 0 Å². The SMILES string of the molecule is CS(=O)(=O)NCCNCc1csc2ccccc12. The monoisotopic (exact) mass is 284 g/mol. The quantitative estimate of drug-likeness (QED) is 0.791. The van der Waals surface area contributed by atoms with E-state index in [0.29, 0.717) is 13.1 Å². The Morgan fingerprint density at radius 1 is 1.22 bits per heavy atom. The second-order valence-corrected chi connectivity index (χ2v) is 6.84. The third kappa shape index (κ3) is 3.78. The topological polar surface area (TPSA) is 58.2 Å². The Bertz CT molecular complexity index is 620. The molecule has 0 aliphatic rings. The number of nitrogens with one attached hydrogen (secondary N) is 2. The lowest BCUT2D eigenvalue weighted by Crippen LogP contribution is -2.30. The zero-order chi connectivity index (χ0) is 13.0. The van der Waals surface area contributed by atoms with Gasteiger partial charge in [-0.05, 0) is 22.4 Å². The first kappa shape index (κ1) is 13.5. The average molecular weight is 284 g/mol. The second-order valence-electron chi connectivity index (χ2n) is 4.10. The van der Waals surface area contributed by atoms with Gasteiger partial charge in [-0.15, -0.1) is 11.3 Å². The van der Waals surface area contributed by atoms with E-state index in [-0.39, 0.29) is 0 Å². The van der Waals surface area contributed by atoms with E-state index in [1.165, 1.54) is 21.9 Å². The maximum Gasteiger partial charge on any atom is 0.208 e. The van der Waals surface area contributed by atoms with Crippen LogP contribution in [0.25, 0.3) is 10.1 Å².